The third kappa shape index (κ3) is 7.23. The molecule has 224 valence electrons. The minimum absolute atomic E-state index is 0.0371. The van der Waals surface area contributed by atoms with Crippen LogP contribution in [-0.2, 0) is 26.2 Å². The quantitative estimate of drug-likeness (QED) is 0.327. The Hall–Kier alpha value is -4.05. The van der Waals surface area contributed by atoms with E-state index in [2.05, 4.69) is 5.32 Å². The van der Waals surface area contributed by atoms with Crippen molar-refractivity contribution in [3.05, 3.63) is 83.9 Å². The van der Waals surface area contributed by atoms with Gasteiger partial charge in [0.15, 0.2) is 0 Å². The second kappa shape index (κ2) is 13.7. The lowest BCUT2D eigenvalue weighted by molar-refractivity contribution is -0.139. The molecule has 10 heteroatoms. The molecule has 9 nitrogen and oxygen atoms in total. The van der Waals surface area contributed by atoms with E-state index in [9.17, 15) is 18.0 Å². The van der Waals surface area contributed by atoms with E-state index in [1.54, 1.807) is 56.5 Å². The van der Waals surface area contributed by atoms with E-state index in [0.717, 1.165) is 41.1 Å². The van der Waals surface area contributed by atoms with E-state index in [-0.39, 0.29) is 29.1 Å². The summed E-state index contributed by atoms with van der Waals surface area (Å²) >= 11 is 0. The van der Waals surface area contributed by atoms with Crippen LogP contribution in [0.3, 0.4) is 0 Å². The number of nitrogens with one attached hydrogen (secondary N) is 1. The molecule has 1 saturated carbocycles. The lowest BCUT2D eigenvalue weighted by atomic mass is 10.1. The van der Waals surface area contributed by atoms with Crippen molar-refractivity contribution in [3.63, 3.8) is 0 Å². The van der Waals surface area contributed by atoms with Crippen molar-refractivity contribution in [1.29, 1.82) is 0 Å². The van der Waals surface area contributed by atoms with Gasteiger partial charge in [-0.25, -0.2) is 8.42 Å². The van der Waals surface area contributed by atoms with Crippen molar-refractivity contribution in [1.82, 2.24) is 10.2 Å². The Bertz CT molecular complexity index is 1470. The molecule has 0 radical (unpaired) electrons. The smallest absolute Gasteiger partial charge is 0.264 e. The number of carbonyl (C=O) groups excluding carboxylic acids is 2. The molecular formula is C32H39N3O6S. The first-order chi connectivity index (χ1) is 20.1. The molecule has 0 spiro atoms. The van der Waals surface area contributed by atoms with Gasteiger partial charge in [0.2, 0.25) is 11.8 Å². The van der Waals surface area contributed by atoms with E-state index in [4.69, 9.17) is 9.47 Å². The number of amides is 2. The fraction of sp³-hybridized carbons (Fsp3) is 0.375. The van der Waals surface area contributed by atoms with E-state index in [0.29, 0.717) is 11.5 Å². The molecule has 1 fully saturated rings. The summed E-state index contributed by atoms with van der Waals surface area (Å²) in [5, 5.41) is 3.08. The zero-order valence-corrected chi connectivity index (χ0v) is 25.4. The molecule has 0 aromatic heterocycles. The fourth-order valence-corrected chi connectivity index (χ4v) is 6.57. The summed E-state index contributed by atoms with van der Waals surface area (Å²) in [5.41, 5.74) is 1.81. The summed E-state index contributed by atoms with van der Waals surface area (Å²) in [6.07, 6.45) is 3.92. The zero-order valence-electron chi connectivity index (χ0n) is 24.6. The number of carbonyl (C=O) groups is 2. The van der Waals surface area contributed by atoms with E-state index in [1.165, 1.54) is 24.1 Å². The second-order valence-electron chi connectivity index (χ2n) is 10.5. The van der Waals surface area contributed by atoms with Gasteiger partial charge in [-0.05, 0) is 74.2 Å². The van der Waals surface area contributed by atoms with Gasteiger partial charge in [0, 0.05) is 12.6 Å². The van der Waals surface area contributed by atoms with Crippen LogP contribution in [0, 0.1) is 6.92 Å². The highest BCUT2D eigenvalue weighted by Crippen LogP contribution is 2.34. The Kier molecular flexibility index (Phi) is 10.1. The number of hydrogen-bond donors (Lipinski definition) is 1. The van der Waals surface area contributed by atoms with Crippen molar-refractivity contribution >= 4 is 27.5 Å². The van der Waals surface area contributed by atoms with Crippen LogP contribution < -0.4 is 19.1 Å². The van der Waals surface area contributed by atoms with Gasteiger partial charge >= 0.3 is 0 Å². The highest BCUT2D eigenvalue weighted by molar-refractivity contribution is 7.92. The normalized spacial score (nSPS) is 14.2. The Morgan fingerprint density at radius 1 is 0.952 bits per heavy atom. The van der Waals surface area contributed by atoms with Crippen molar-refractivity contribution in [2.24, 2.45) is 0 Å². The van der Waals surface area contributed by atoms with Crippen LogP contribution in [0.2, 0.25) is 0 Å². The summed E-state index contributed by atoms with van der Waals surface area (Å²) in [4.78, 5) is 29.0. The van der Waals surface area contributed by atoms with Crippen molar-refractivity contribution in [2.45, 2.75) is 63.1 Å². The molecule has 0 unspecified atom stereocenters. The number of rotatable bonds is 12. The maximum Gasteiger partial charge on any atom is 0.264 e. The Balaban J connectivity index is 1.72. The number of methoxy groups -OCH3 is 2. The number of ether oxygens (including phenoxy) is 2. The average Bonchev–Trinajstić information content (AvgIpc) is 3.52. The van der Waals surface area contributed by atoms with Gasteiger partial charge in [0.25, 0.3) is 10.0 Å². The first-order valence-corrected chi connectivity index (χ1v) is 15.5. The largest absolute Gasteiger partial charge is 0.497 e. The predicted molar refractivity (Wildman–Crippen MR) is 162 cm³/mol. The lowest BCUT2D eigenvalue weighted by Crippen LogP contribution is -2.52. The third-order valence-electron chi connectivity index (χ3n) is 7.59. The summed E-state index contributed by atoms with van der Waals surface area (Å²) in [6, 6.07) is 19.6. The summed E-state index contributed by atoms with van der Waals surface area (Å²) < 4.78 is 39.9. The standard InChI is InChI=1S/C32H39N3O6S/c1-23-14-19-30(41-4)29(20-23)35(42(38,39)28-12-6-5-7-13-28)22-31(36)34(21-25-15-17-27(40-3)18-16-25)24(2)32(37)33-26-10-8-9-11-26/h5-7,12-20,24,26H,8-11,21-22H2,1-4H3,(H,33,37)/t24-/m0/s1. The van der Waals surface area contributed by atoms with Crippen molar-refractivity contribution < 1.29 is 27.5 Å². The number of aryl methyl sites for hydroxylation is 1. The predicted octanol–water partition coefficient (Wildman–Crippen LogP) is 4.68. The van der Waals surface area contributed by atoms with Crippen LogP contribution in [0.5, 0.6) is 11.5 Å². The molecule has 2 amide bonds. The molecule has 3 aromatic carbocycles. The second-order valence-corrected chi connectivity index (χ2v) is 12.4. The Morgan fingerprint density at radius 3 is 2.24 bits per heavy atom. The molecule has 0 aliphatic heterocycles. The van der Waals surface area contributed by atoms with Crippen molar-refractivity contribution in [2.75, 3.05) is 25.1 Å². The van der Waals surface area contributed by atoms with Gasteiger partial charge in [-0.15, -0.1) is 0 Å². The lowest BCUT2D eigenvalue weighted by Gasteiger charge is -2.33. The molecule has 1 aliphatic carbocycles. The first kappa shape index (κ1) is 30.9. The summed E-state index contributed by atoms with van der Waals surface area (Å²) in [7, 11) is -1.17. The molecule has 0 heterocycles. The number of sulfonamides is 1. The molecule has 1 aliphatic rings. The third-order valence-corrected chi connectivity index (χ3v) is 9.37. The maximum absolute atomic E-state index is 14.2. The fourth-order valence-electron chi connectivity index (χ4n) is 5.13. The van der Waals surface area contributed by atoms with Crippen LogP contribution in [0.4, 0.5) is 5.69 Å². The highest BCUT2D eigenvalue weighted by atomic mass is 32.2. The first-order valence-electron chi connectivity index (χ1n) is 14.1. The Labute approximate surface area is 248 Å². The number of benzene rings is 3. The van der Waals surface area contributed by atoms with Crippen LogP contribution in [0.1, 0.15) is 43.7 Å². The SMILES string of the molecule is COc1ccc(CN(C(=O)CN(c2cc(C)ccc2OC)S(=O)(=O)c2ccccc2)[C@@H](C)C(=O)NC2CCCC2)cc1. The van der Waals surface area contributed by atoms with Gasteiger partial charge < -0.3 is 19.7 Å². The van der Waals surface area contributed by atoms with Gasteiger partial charge in [-0.3, -0.25) is 13.9 Å². The van der Waals surface area contributed by atoms with Crippen LogP contribution >= 0.6 is 0 Å². The number of anilines is 1. The van der Waals surface area contributed by atoms with Crippen LogP contribution in [0.25, 0.3) is 0 Å². The molecule has 4 rings (SSSR count). The van der Waals surface area contributed by atoms with Gasteiger partial charge in [0.05, 0.1) is 24.8 Å². The molecule has 42 heavy (non-hydrogen) atoms. The zero-order chi connectivity index (χ0) is 30.3. The average molecular weight is 594 g/mol. The minimum Gasteiger partial charge on any atom is -0.497 e. The topological polar surface area (TPSA) is 105 Å². The van der Waals surface area contributed by atoms with Crippen molar-refractivity contribution in [3.8, 4) is 11.5 Å². The van der Waals surface area contributed by atoms with Gasteiger partial charge in [0.1, 0.15) is 24.1 Å². The summed E-state index contributed by atoms with van der Waals surface area (Å²) in [5.74, 6) is 0.175. The maximum atomic E-state index is 14.2. The van der Waals surface area contributed by atoms with E-state index in [1.807, 2.05) is 25.1 Å². The van der Waals surface area contributed by atoms with Crippen LogP contribution in [-0.4, -0.2) is 58.0 Å². The van der Waals surface area contributed by atoms with E-state index >= 15 is 0 Å². The Morgan fingerprint density at radius 2 is 1.62 bits per heavy atom. The van der Waals surface area contributed by atoms with Gasteiger partial charge in [-0.1, -0.05) is 49.2 Å². The van der Waals surface area contributed by atoms with Gasteiger partial charge in [-0.2, -0.15) is 0 Å². The number of nitrogens with zero attached hydrogens (tertiary/aromatic N) is 2. The monoisotopic (exact) mass is 593 g/mol. The summed E-state index contributed by atoms with van der Waals surface area (Å²) in [6.45, 7) is 3.08. The molecule has 1 N–H and O–H groups in total. The minimum atomic E-state index is -4.19. The molecule has 1 atom stereocenters. The highest BCUT2D eigenvalue weighted by Gasteiger charge is 2.34. The molecule has 0 saturated heterocycles. The van der Waals surface area contributed by atoms with Crippen LogP contribution in [0.15, 0.2) is 77.7 Å². The molecule has 0 bridgehead atoms. The number of hydrogen-bond acceptors (Lipinski definition) is 6. The molecule has 3 aromatic rings. The molecular weight excluding hydrogens is 554 g/mol. The van der Waals surface area contributed by atoms with E-state index < -0.39 is 28.5 Å².